The van der Waals surface area contributed by atoms with Gasteiger partial charge in [0.05, 0.1) is 10.0 Å². The van der Waals surface area contributed by atoms with Gasteiger partial charge in [-0.1, -0.05) is 53.0 Å². The van der Waals surface area contributed by atoms with Gasteiger partial charge in [-0.15, -0.1) is 5.10 Å². The quantitative estimate of drug-likeness (QED) is 0.770. The van der Waals surface area contributed by atoms with Crippen molar-refractivity contribution in [1.82, 2.24) is 20.2 Å². The summed E-state index contributed by atoms with van der Waals surface area (Å²) in [6, 6.07) is 12.6. The van der Waals surface area contributed by atoms with Crippen molar-refractivity contribution in [2.45, 2.75) is 13.5 Å². The van der Waals surface area contributed by atoms with Crippen LogP contribution in [-0.2, 0) is 11.3 Å². The zero-order valence-electron chi connectivity index (χ0n) is 12.7. The number of nitrogens with zero attached hydrogens (tertiary/aromatic N) is 4. The maximum absolute atomic E-state index is 12.2. The number of carbonyl (C=O) groups is 1. The molecule has 0 fully saturated rings. The molecular weight excluding hydrogens is 349 g/mol. The molecule has 0 aliphatic heterocycles. The maximum Gasteiger partial charge on any atom is 0.246 e. The maximum atomic E-state index is 12.2. The van der Waals surface area contributed by atoms with Gasteiger partial charge in [0.15, 0.2) is 5.82 Å². The van der Waals surface area contributed by atoms with Crippen molar-refractivity contribution in [3.8, 4) is 11.4 Å². The average Bonchev–Trinajstić information content (AvgIpc) is 2.99. The van der Waals surface area contributed by atoms with E-state index in [1.807, 2.05) is 31.2 Å². The number of hydrogen-bond donors (Lipinski definition) is 1. The van der Waals surface area contributed by atoms with Gasteiger partial charge >= 0.3 is 0 Å². The smallest absolute Gasteiger partial charge is 0.246 e. The lowest BCUT2D eigenvalue weighted by atomic mass is 10.1. The molecule has 0 radical (unpaired) electrons. The number of amides is 1. The van der Waals surface area contributed by atoms with E-state index in [9.17, 15) is 4.79 Å². The van der Waals surface area contributed by atoms with Crippen LogP contribution in [0.2, 0.25) is 10.0 Å². The van der Waals surface area contributed by atoms with Crippen molar-refractivity contribution in [2.75, 3.05) is 5.32 Å². The van der Waals surface area contributed by atoms with Crippen LogP contribution in [0.3, 0.4) is 0 Å². The Kier molecular flexibility index (Phi) is 4.78. The van der Waals surface area contributed by atoms with Gasteiger partial charge in [-0.05, 0) is 35.5 Å². The Balaban J connectivity index is 1.74. The van der Waals surface area contributed by atoms with E-state index in [2.05, 4.69) is 20.8 Å². The number of nitrogens with one attached hydrogen (secondary N) is 1. The topological polar surface area (TPSA) is 72.7 Å². The summed E-state index contributed by atoms with van der Waals surface area (Å²) in [6.07, 6.45) is 0. The molecule has 1 heterocycles. The molecule has 1 amide bonds. The molecule has 1 N–H and O–H groups in total. The predicted octanol–water partition coefficient (Wildman–Crippen LogP) is 3.59. The van der Waals surface area contributed by atoms with Crippen LogP contribution in [0.15, 0.2) is 42.5 Å². The molecular formula is C16H13Cl2N5O. The third-order valence-corrected chi connectivity index (χ3v) is 4.08. The molecule has 0 aliphatic carbocycles. The molecule has 0 spiro atoms. The first kappa shape index (κ1) is 16.4. The Morgan fingerprint density at radius 3 is 2.58 bits per heavy atom. The molecule has 1 aromatic heterocycles. The molecule has 8 heteroatoms. The van der Waals surface area contributed by atoms with Crippen molar-refractivity contribution in [3.05, 3.63) is 58.1 Å². The highest BCUT2D eigenvalue weighted by atomic mass is 35.5. The number of benzene rings is 2. The van der Waals surface area contributed by atoms with E-state index < -0.39 is 0 Å². The third-order valence-electron chi connectivity index (χ3n) is 3.34. The molecule has 3 aromatic rings. The first-order chi connectivity index (χ1) is 11.5. The van der Waals surface area contributed by atoms with E-state index in [1.165, 1.54) is 4.68 Å². The molecule has 24 heavy (non-hydrogen) atoms. The summed E-state index contributed by atoms with van der Waals surface area (Å²) in [5.74, 6) is 0.258. The molecule has 0 atom stereocenters. The summed E-state index contributed by atoms with van der Waals surface area (Å²) in [5, 5.41) is 15.0. The van der Waals surface area contributed by atoms with E-state index in [-0.39, 0.29) is 12.5 Å². The molecule has 3 rings (SSSR count). The molecule has 6 nitrogen and oxygen atoms in total. The van der Waals surface area contributed by atoms with E-state index in [0.29, 0.717) is 21.6 Å². The largest absolute Gasteiger partial charge is 0.324 e. The van der Waals surface area contributed by atoms with Crippen molar-refractivity contribution in [2.24, 2.45) is 0 Å². The highest BCUT2D eigenvalue weighted by molar-refractivity contribution is 6.42. The van der Waals surface area contributed by atoms with Crippen LogP contribution in [0, 0.1) is 6.92 Å². The van der Waals surface area contributed by atoms with Crippen molar-refractivity contribution >= 4 is 34.8 Å². The molecule has 0 aliphatic rings. The van der Waals surface area contributed by atoms with Crippen LogP contribution >= 0.6 is 23.2 Å². The van der Waals surface area contributed by atoms with Crippen LogP contribution in [0.1, 0.15) is 5.56 Å². The fourth-order valence-corrected chi connectivity index (χ4v) is 2.43. The van der Waals surface area contributed by atoms with Crippen molar-refractivity contribution in [3.63, 3.8) is 0 Å². The molecule has 0 bridgehead atoms. The molecule has 2 aromatic carbocycles. The lowest BCUT2D eigenvalue weighted by molar-refractivity contribution is -0.116. The monoisotopic (exact) mass is 361 g/mol. The fraction of sp³-hybridized carbons (Fsp3) is 0.125. The second-order valence-corrected chi connectivity index (χ2v) is 6.02. The average molecular weight is 362 g/mol. The standard InChI is InChI=1S/C16H13Cl2N5O/c1-10-2-4-11(5-3-10)16-20-21-22-23(16)9-15(24)19-12-6-7-13(17)14(18)8-12/h2-8H,9H2,1H3,(H,19,24). The van der Waals surface area contributed by atoms with Crippen molar-refractivity contribution < 1.29 is 4.79 Å². The van der Waals surface area contributed by atoms with Crippen LogP contribution in [0.25, 0.3) is 11.4 Å². The van der Waals surface area contributed by atoms with Gasteiger partial charge in [0.1, 0.15) is 6.54 Å². The summed E-state index contributed by atoms with van der Waals surface area (Å²) in [6.45, 7) is 1.98. The number of tetrazole rings is 1. The summed E-state index contributed by atoms with van der Waals surface area (Å²) >= 11 is 11.8. The van der Waals surface area contributed by atoms with Gasteiger partial charge in [0, 0.05) is 11.3 Å². The predicted molar refractivity (Wildman–Crippen MR) is 93.1 cm³/mol. The highest BCUT2D eigenvalue weighted by Gasteiger charge is 2.13. The third kappa shape index (κ3) is 3.72. The van der Waals surface area contributed by atoms with Gasteiger partial charge in [-0.25, -0.2) is 4.68 Å². The second-order valence-electron chi connectivity index (χ2n) is 5.20. The number of aryl methyl sites for hydroxylation is 1. The number of hydrogen-bond acceptors (Lipinski definition) is 4. The van der Waals surface area contributed by atoms with E-state index >= 15 is 0 Å². The number of aromatic nitrogens is 4. The number of anilines is 1. The van der Waals surface area contributed by atoms with E-state index in [4.69, 9.17) is 23.2 Å². The Bertz CT molecular complexity index is 876. The number of carbonyl (C=O) groups excluding carboxylic acids is 1. The minimum atomic E-state index is -0.269. The van der Waals surface area contributed by atoms with Gasteiger partial charge in [0.25, 0.3) is 0 Å². The Hall–Kier alpha value is -2.44. The Morgan fingerprint density at radius 2 is 1.88 bits per heavy atom. The van der Waals surface area contributed by atoms with E-state index in [0.717, 1.165) is 11.1 Å². The van der Waals surface area contributed by atoms with Gasteiger partial charge in [0.2, 0.25) is 5.91 Å². The number of halogens is 2. The fourth-order valence-electron chi connectivity index (χ4n) is 2.13. The Morgan fingerprint density at radius 1 is 1.12 bits per heavy atom. The van der Waals surface area contributed by atoms with Crippen LogP contribution < -0.4 is 5.32 Å². The van der Waals surface area contributed by atoms with Crippen LogP contribution in [0.5, 0.6) is 0 Å². The van der Waals surface area contributed by atoms with Gasteiger partial charge in [-0.3, -0.25) is 4.79 Å². The normalized spacial score (nSPS) is 10.6. The van der Waals surface area contributed by atoms with Crippen LogP contribution in [0.4, 0.5) is 5.69 Å². The minimum absolute atomic E-state index is 0.0174. The molecule has 0 unspecified atom stereocenters. The van der Waals surface area contributed by atoms with Gasteiger partial charge < -0.3 is 5.32 Å². The molecule has 122 valence electrons. The van der Waals surface area contributed by atoms with Gasteiger partial charge in [-0.2, -0.15) is 0 Å². The van der Waals surface area contributed by atoms with Crippen molar-refractivity contribution in [1.29, 1.82) is 0 Å². The summed E-state index contributed by atoms with van der Waals surface area (Å²) < 4.78 is 1.44. The second kappa shape index (κ2) is 6.98. The van der Waals surface area contributed by atoms with E-state index in [1.54, 1.807) is 18.2 Å². The lowest BCUT2D eigenvalue weighted by Gasteiger charge is -2.08. The summed E-state index contributed by atoms with van der Waals surface area (Å²) in [7, 11) is 0. The summed E-state index contributed by atoms with van der Waals surface area (Å²) in [5.41, 5.74) is 2.53. The molecule has 0 saturated heterocycles. The minimum Gasteiger partial charge on any atom is -0.324 e. The molecule has 0 saturated carbocycles. The lowest BCUT2D eigenvalue weighted by Crippen LogP contribution is -2.20. The zero-order valence-corrected chi connectivity index (χ0v) is 14.2. The first-order valence-corrected chi connectivity index (χ1v) is 7.86. The highest BCUT2D eigenvalue weighted by Crippen LogP contribution is 2.25. The summed E-state index contributed by atoms with van der Waals surface area (Å²) in [4.78, 5) is 12.2. The SMILES string of the molecule is Cc1ccc(-c2nnnn2CC(=O)Nc2ccc(Cl)c(Cl)c2)cc1. The first-order valence-electron chi connectivity index (χ1n) is 7.11. The number of rotatable bonds is 4. The Labute approximate surface area is 148 Å². The zero-order chi connectivity index (χ0) is 17.1. The van der Waals surface area contributed by atoms with Crippen LogP contribution in [-0.4, -0.2) is 26.1 Å².